The topological polar surface area (TPSA) is 72.9 Å². The van der Waals surface area contributed by atoms with E-state index in [1.165, 1.54) is 18.1 Å². The molecule has 1 unspecified atom stereocenters. The number of carbonyl (C=O) groups excluding carboxylic acids is 1. The largest absolute Gasteiger partial charge is 0.493 e. The van der Waals surface area contributed by atoms with Gasteiger partial charge in [0.25, 0.3) is 5.91 Å². The highest BCUT2D eigenvalue weighted by Crippen LogP contribution is 2.37. The number of benzene rings is 1. The Kier molecular flexibility index (Phi) is 5.98. The van der Waals surface area contributed by atoms with Crippen molar-refractivity contribution in [1.82, 2.24) is 4.90 Å². The first-order chi connectivity index (χ1) is 11.3. The zero-order chi connectivity index (χ0) is 17.9. The van der Waals surface area contributed by atoms with Crippen LogP contribution in [0.2, 0.25) is 5.02 Å². The Balaban J connectivity index is 2.24. The number of sulfone groups is 1. The highest BCUT2D eigenvalue weighted by atomic mass is 35.5. The lowest BCUT2D eigenvalue weighted by Crippen LogP contribution is -2.37. The summed E-state index contributed by atoms with van der Waals surface area (Å²) in [6.45, 7) is 2.46. The molecule has 1 aliphatic rings. The van der Waals surface area contributed by atoms with Crippen LogP contribution in [0.1, 0.15) is 30.1 Å². The van der Waals surface area contributed by atoms with Gasteiger partial charge < -0.3 is 14.4 Å². The van der Waals surface area contributed by atoms with Crippen molar-refractivity contribution in [1.29, 1.82) is 0 Å². The van der Waals surface area contributed by atoms with E-state index in [0.717, 1.165) is 6.42 Å². The molecule has 0 aliphatic carbocycles. The first-order valence-electron chi connectivity index (χ1n) is 7.77. The van der Waals surface area contributed by atoms with Gasteiger partial charge in [0.05, 0.1) is 30.2 Å². The molecular weight excluding hydrogens is 354 g/mol. The minimum absolute atomic E-state index is 0.00218. The molecule has 0 radical (unpaired) electrons. The molecule has 1 saturated heterocycles. The molecule has 0 bridgehead atoms. The number of nitrogens with zero attached hydrogens (tertiary/aromatic N) is 1. The fraction of sp³-hybridized carbons (Fsp3) is 0.562. The molecule has 24 heavy (non-hydrogen) atoms. The van der Waals surface area contributed by atoms with E-state index in [-0.39, 0.29) is 23.5 Å². The molecule has 1 fully saturated rings. The fourth-order valence-electron chi connectivity index (χ4n) is 2.64. The minimum atomic E-state index is -3.06. The number of methoxy groups -OCH3 is 1. The second-order valence-electron chi connectivity index (χ2n) is 5.81. The number of ether oxygens (including phenoxy) is 2. The maximum Gasteiger partial charge on any atom is 0.254 e. The van der Waals surface area contributed by atoms with Crippen molar-refractivity contribution < 1.29 is 22.7 Å². The summed E-state index contributed by atoms with van der Waals surface area (Å²) >= 11 is 6.23. The van der Waals surface area contributed by atoms with Crippen molar-refractivity contribution in [3.63, 3.8) is 0 Å². The van der Waals surface area contributed by atoms with Gasteiger partial charge in [0.15, 0.2) is 21.3 Å². The second kappa shape index (κ2) is 7.61. The predicted molar refractivity (Wildman–Crippen MR) is 92.9 cm³/mol. The van der Waals surface area contributed by atoms with Gasteiger partial charge in [-0.3, -0.25) is 4.79 Å². The van der Waals surface area contributed by atoms with Crippen LogP contribution in [0.3, 0.4) is 0 Å². The lowest BCUT2D eigenvalue weighted by atomic mass is 10.1. The van der Waals surface area contributed by atoms with Crippen LogP contribution in [0, 0.1) is 0 Å². The number of hydrogen-bond donors (Lipinski definition) is 0. The number of amides is 1. The van der Waals surface area contributed by atoms with E-state index in [9.17, 15) is 13.2 Å². The van der Waals surface area contributed by atoms with Gasteiger partial charge >= 0.3 is 0 Å². The molecule has 0 aromatic heterocycles. The number of carbonyl (C=O) groups is 1. The number of rotatable bonds is 6. The molecule has 1 atom stereocenters. The third-order valence-corrected chi connectivity index (χ3v) is 6.03. The minimum Gasteiger partial charge on any atom is -0.493 e. The standard InChI is InChI=1S/C16H22ClNO5S/c1-4-6-23-15-13(17)8-11(9-14(15)22-3)16(19)18(2)12-5-7-24(20,21)10-12/h8-9,12H,4-7,10H2,1-3H3. The fourth-order valence-corrected chi connectivity index (χ4v) is 4.68. The first kappa shape index (κ1) is 18.9. The maximum absolute atomic E-state index is 12.7. The van der Waals surface area contributed by atoms with Crippen LogP contribution < -0.4 is 9.47 Å². The van der Waals surface area contributed by atoms with Crippen LogP contribution in [0.15, 0.2) is 12.1 Å². The summed E-state index contributed by atoms with van der Waals surface area (Å²) in [6.07, 6.45) is 1.27. The SMILES string of the molecule is CCCOc1c(Cl)cc(C(=O)N(C)C2CCS(=O)(=O)C2)cc1OC. The third-order valence-electron chi connectivity index (χ3n) is 4.00. The Morgan fingerprint density at radius 2 is 2.12 bits per heavy atom. The molecule has 1 aliphatic heterocycles. The lowest BCUT2D eigenvalue weighted by molar-refractivity contribution is 0.0747. The van der Waals surface area contributed by atoms with Crippen molar-refractivity contribution >= 4 is 27.3 Å². The first-order valence-corrected chi connectivity index (χ1v) is 9.97. The molecule has 1 aromatic rings. The molecule has 6 nitrogen and oxygen atoms in total. The Bertz CT molecular complexity index is 719. The summed E-state index contributed by atoms with van der Waals surface area (Å²) in [4.78, 5) is 14.1. The lowest BCUT2D eigenvalue weighted by Gasteiger charge is -2.24. The van der Waals surface area contributed by atoms with Gasteiger partial charge in [0.1, 0.15) is 0 Å². The molecule has 1 heterocycles. The average molecular weight is 376 g/mol. The van der Waals surface area contributed by atoms with E-state index in [0.29, 0.717) is 35.1 Å². The van der Waals surface area contributed by atoms with Gasteiger partial charge in [-0.2, -0.15) is 0 Å². The third kappa shape index (κ3) is 4.13. The Hall–Kier alpha value is -1.47. The van der Waals surface area contributed by atoms with Crippen LogP contribution >= 0.6 is 11.6 Å². The van der Waals surface area contributed by atoms with Gasteiger partial charge in [-0.05, 0) is 25.0 Å². The van der Waals surface area contributed by atoms with Gasteiger partial charge in [0, 0.05) is 18.7 Å². The summed E-state index contributed by atoms with van der Waals surface area (Å²) in [5.41, 5.74) is 0.340. The van der Waals surface area contributed by atoms with Gasteiger partial charge in [-0.15, -0.1) is 0 Å². The van der Waals surface area contributed by atoms with Crippen molar-refractivity contribution in [2.75, 3.05) is 32.3 Å². The Labute approximate surface area is 147 Å². The number of hydrogen-bond acceptors (Lipinski definition) is 5. The van der Waals surface area contributed by atoms with Crippen LogP contribution in [0.5, 0.6) is 11.5 Å². The second-order valence-corrected chi connectivity index (χ2v) is 8.45. The van der Waals surface area contributed by atoms with Gasteiger partial charge in [0.2, 0.25) is 0 Å². The zero-order valence-corrected chi connectivity index (χ0v) is 15.6. The van der Waals surface area contributed by atoms with Crippen molar-refractivity contribution in [3.8, 4) is 11.5 Å². The summed E-state index contributed by atoms with van der Waals surface area (Å²) in [6, 6.07) is 2.78. The van der Waals surface area contributed by atoms with E-state index < -0.39 is 9.84 Å². The van der Waals surface area contributed by atoms with E-state index in [1.54, 1.807) is 13.1 Å². The molecule has 2 rings (SSSR count). The van der Waals surface area contributed by atoms with E-state index in [2.05, 4.69) is 0 Å². The Morgan fingerprint density at radius 3 is 2.67 bits per heavy atom. The summed E-state index contributed by atoms with van der Waals surface area (Å²) in [7, 11) is 0.0262. The smallest absolute Gasteiger partial charge is 0.254 e. The van der Waals surface area contributed by atoms with Crippen molar-refractivity contribution in [2.45, 2.75) is 25.8 Å². The number of halogens is 1. The predicted octanol–water partition coefficient (Wildman–Crippen LogP) is 2.40. The maximum atomic E-state index is 12.7. The molecule has 134 valence electrons. The van der Waals surface area contributed by atoms with Crippen LogP contribution in [0.25, 0.3) is 0 Å². The molecule has 1 aromatic carbocycles. The molecule has 0 saturated carbocycles. The van der Waals surface area contributed by atoms with Crippen molar-refractivity contribution in [3.05, 3.63) is 22.7 Å². The van der Waals surface area contributed by atoms with Crippen LogP contribution in [0.4, 0.5) is 0 Å². The summed E-state index contributed by atoms with van der Waals surface area (Å²) in [5, 5.41) is 0.290. The molecule has 8 heteroatoms. The van der Waals surface area contributed by atoms with E-state index >= 15 is 0 Å². The highest BCUT2D eigenvalue weighted by molar-refractivity contribution is 7.91. The van der Waals surface area contributed by atoms with Gasteiger partial charge in [-0.1, -0.05) is 18.5 Å². The monoisotopic (exact) mass is 375 g/mol. The molecule has 0 spiro atoms. The highest BCUT2D eigenvalue weighted by Gasteiger charge is 2.33. The van der Waals surface area contributed by atoms with E-state index in [1.807, 2.05) is 6.92 Å². The van der Waals surface area contributed by atoms with Gasteiger partial charge in [-0.25, -0.2) is 8.42 Å². The molecular formula is C16H22ClNO5S. The zero-order valence-electron chi connectivity index (χ0n) is 14.0. The van der Waals surface area contributed by atoms with Crippen LogP contribution in [-0.2, 0) is 9.84 Å². The average Bonchev–Trinajstić information content (AvgIpc) is 2.91. The summed E-state index contributed by atoms with van der Waals surface area (Å²) < 4.78 is 34.1. The van der Waals surface area contributed by atoms with Crippen LogP contribution in [-0.4, -0.2) is 57.5 Å². The molecule has 1 amide bonds. The summed E-state index contributed by atoms with van der Waals surface area (Å²) in [5.74, 6) is 0.607. The van der Waals surface area contributed by atoms with Crippen molar-refractivity contribution in [2.24, 2.45) is 0 Å². The Morgan fingerprint density at radius 1 is 1.42 bits per heavy atom. The quantitative estimate of drug-likeness (QED) is 0.763. The normalized spacial score (nSPS) is 19.1. The van der Waals surface area contributed by atoms with E-state index in [4.69, 9.17) is 21.1 Å². The molecule has 0 N–H and O–H groups in total.